The van der Waals surface area contributed by atoms with Gasteiger partial charge in [-0.05, 0) is 42.8 Å². The third-order valence-electron chi connectivity index (χ3n) is 4.11. The van der Waals surface area contributed by atoms with E-state index >= 15 is 0 Å². The maximum atomic E-state index is 12.1. The van der Waals surface area contributed by atoms with E-state index in [1.807, 2.05) is 0 Å². The van der Waals surface area contributed by atoms with Crippen LogP contribution in [0.1, 0.15) is 53.3 Å². The summed E-state index contributed by atoms with van der Waals surface area (Å²) in [7, 11) is 0. The highest BCUT2D eigenvalue weighted by Crippen LogP contribution is 2.26. The largest absolute Gasteiger partial charge is 0.502 e. The predicted molar refractivity (Wildman–Crippen MR) is 106 cm³/mol. The number of nitro groups is 1. The Bertz CT molecular complexity index is 867. The van der Waals surface area contributed by atoms with Crippen molar-refractivity contribution in [2.24, 2.45) is 0 Å². The molecule has 2 rings (SSSR count). The first-order valence-electron chi connectivity index (χ1n) is 9.23. The smallest absolute Gasteiger partial charge is 0.310 e. The van der Waals surface area contributed by atoms with Crippen LogP contribution in [0.5, 0.6) is 11.5 Å². The molecule has 2 aromatic carbocycles. The van der Waals surface area contributed by atoms with E-state index in [-0.39, 0.29) is 5.56 Å². The standard InChI is InChI=1S/C20H23N3O6/c1-2-3-4-5-12-29-16-9-6-14(7-10-16)19(25)21-22-20(26)15-8-11-17(23(27)28)18(24)13-15/h6-11,13,24H,2-5,12H2,1H3,(H,21,25)(H,22,26). The number of hydrogen-bond acceptors (Lipinski definition) is 6. The fourth-order valence-corrected chi connectivity index (χ4v) is 2.50. The van der Waals surface area contributed by atoms with Gasteiger partial charge in [-0.15, -0.1) is 0 Å². The summed E-state index contributed by atoms with van der Waals surface area (Å²) in [5.41, 5.74) is 4.19. The van der Waals surface area contributed by atoms with Crippen molar-refractivity contribution >= 4 is 17.5 Å². The second-order valence-corrected chi connectivity index (χ2v) is 6.30. The van der Waals surface area contributed by atoms with Crippen LogP contribution >= 0.6 is 0 Å². The summed E-state index contributed by atoms with van der Waals surface area (Å²) < 4.78 is 5.61. The molecule has 0 saturated carbocycles. The molecule has 9 nitrogen and oxygen atoms in total. The van der Waals surface area contributed by atoms with Gasteiger partial charge in [-0.3, -0.25) is 30.6 Å². The molecule has 0 radical (unpaired) electrons. The minimum absolute atomic E-state index is 0.0415. The Morgan fingerprint density at radius 1 is 1.00 bits per heavy atom. The van der Waals surface area contributed by atoms with Crippen molar-refractivity contribution in [3.63, 3.8) is 0 Å². The molecule has 29 heavy (non-hydrogen) atoms. The third-order valence-corrected chi connectivity index (χ3v) is 4.11. The van der Waals surface area contributed by atoms with Crippen LogP contribution in [0, 0.1) is 10.1 Å². The summed E-state index contributed by atoms with van der Waals surface area (Å²) in [6.45, 7) is 2.76. The van der Waals surface area contributed by atoms with Crippen LogP contribution < -0.4 is 15.6 Å². The summed E-state index contributed by atoms with van der Waals surface area (Å²) in [6, 6.07) is 9.61. The maximum absolute atomic E-state index is 12.1. The van der Waals surface area contributed by atoms with Gasteiger partial charge in [-0.25, -0.2) is 0 Å². The van der Waals surface area contributed by atoms with Gasteiger partial charge in [0, 0.05) is 17.2 Å². The number of nitro benzene ring substituents is 1. The summed E-state index contributed by atoms with van der Waals surface area (Å²) in [4.78, 5) is 34.1. The van der Waals surface area contributed by atoms with E-state index < -0.39 is 28.2 Å². The number of hydrazine groups is 1. The molecular weight excluding hydrogens is 378 g/mol. The summed E-state index contributed by atoms with van der Waals surface area (Å²) >= 11 is 0. The fourth-order valence-electron chi connectivity index (χ4n) is 2.50. The number of benzene rings is 2. The monoisotopic (exact) mass is 401 g/mol. The summed E-state index contributed by atoms with van der Waals surface area (Å²) in [6.07, 6.45) is 4.42. The van der Waals surface area contributed by atoms with Crippen molar-refractivity contribution in [2.45, 2.75) is 32.6 Å². The van der Waals surface area contributed by atoms with Gasteiger partial charge in [-0.1, -0.05) is 26.2 Å². The number of carbonyl (C=O) groups excluding carboxylic acids is 2. The Kier molecular flexibility index (Phi) is 7.96. The molecule has 0 atom stereocenters. The van der Waals surface area contributed by atoms with E-state index in [1.165, 1.54) is 12.5 Å². The molecule has 9 heteroatoms. The van der Waals surface area contributed by atoms with Crippen LogP contribution in [-0.4, -0.2) is 28.5 Å². The van der Waals surface area contributed by atoms with Gasteiger partial charge in [0.1, 0.15) is 5.75 Å². The maximum Gasteiger partial charge on any atom is 0.310 e. The number of aromatic hydroxyl groups is 1. The van der Waals surface area contributed by atoms with Crippen LogP contribution in [-0.2, 0) is 0 Å². The molecule has 0 aliphatic heterocycles. The lowest BCUT2D eigenvalue weighted by Gasteiger charge is -2.09. The predicted octanol–water partition coefficient (Wildman–Crippen LogP) is 3.33. The number of phenols is 1. The first kappa shape index (κ1) is 21.7. The molecule has 3 N–H and O–H groups in total. The molecule has 2 aromatic rings. The van der Waals surface area contributed by atoms with Gasteiger partial charge in [0.2, 0.25) is 0 Å². The zero-order valence-electron chi connectivity index (χ0n) is 16.0. The van der Waals surface area contributed by atoms with Crippen molar-refractivity contribution in [1.29, 1.82) is 0 Å². The topological polar surface area (TPSA) is 131 Å². The number of rotatable bonds is 9. The highest BCUT2D eigenvalue weighted by molar-refractivity contribution is 5.99. The molecule has 0 unspecified atom stereocenters. The molecular formula is C20H23N3O6. The number of nitrogens with one attached hydrogen (secondary N) is 2. The van der Waals surface area contributed by atoms with E-state index in [0.29, 0.717) is 17.9 Å². The minimum Gasteiger partial charge on any atom is -0.502 e. The molecule has 0 aromatic heterocycles. The molecule has 154 valence electrons. The number of phenolic OH excluding ortho intramolecular Hbond substituents is 1. The SMILES string of the molecule is CCCCCCOc1ccc(C(=O)NNC(=O)c2ccc([N+](=O)[O-])c(O)c2)cc1. The Labute approximate surface area is 167 Å². The number of carbonyl (C=O) groups is 2. The summed E-state index contributed by atoms with van der Waals surface area (Å²) in [5, 5.41) is 20.3. The van der Waals surface area contributed by atoms with E-state index in [0.717, 1.165) is 31.4 Å². The Morgan fingerprint density at radius 2 is 1.62 bits per heavy atom. The highest BCUT2D eigenvalue weighted by atomic mass is 16.6. The Hall–Kier alpha value is -3.62. The van der Waals surface area contributed by atoms with Crippen molar-refractivity contribution in [3.05, 3.63) is 63.7 Å². The van der Waals surface area contributed by atoms with Gasteiger partial charge >= 0.3 is 5.69 Å². The second kappa shape index (κ2) is 10.6. The number of nitrogens with zero attached hydrogens (tertiary/aromatic N) is 1. The van der Waals surface area contributed by atoms with Crippen molar-refractivity contribution in [3.8, 4) is 11.5 Å². The zero-order valence-corrected chi connectivity index (χ0v) is 16.0. The normalized spacial score (nSPS) is 10.2. The van der Waals surface area contributed by atoms with Gasteiger partial charge in [0.15, 0.2) is 5.75 Å². The van der Waals surface area contributed by atoms with Crippen LogP contribution in [0.25, 0.3) is 0 Å². The van der Waals surface area contributed by atoms with Gasteiger partial charge in [0.25, 0.3) is 11.8 Å². The van der Waals surface area contributed by atoms with Crippen LogP contribution in [0.3, 0.4) is 0 Å². The lowest BCUT2D eigenvalue weighted by atomic mass is 10.2. The molecule has 0 heterocycles. The molecule has 0 fully saturated rings. The van der Waals surface area contributed by atoms with Crippen molar-refractivity contribution in [2.75, 3.05) is 6.61 Å². The molecule has 0 spiro atoms. The van der Waals surface area contributed by atoms with Gasteiger partial charge in [0.05, 0.1) is 11.5 Å². The number of hydrogen-bond donors (Lipinski definition) is 3. The lowest BCUT2D eigenvalue weighted by Crippen LogP contribution is -2.41. The van der Waals surface area contributed by atoms with Crippen molar-refractivity contribution in [1.82, 2.24) is 10.9 Å². The number of ether oxygens (including phenoxy) is 1. The van der Waals surface area contributed by atoms with Crippen LogP contribution in [0.2, 0.25) is 0 Å². The van der Waals surface area contributed by atoms with Crippen LogP contribution in [0.15, 0.2) is 42.5 Å². The highest BCUT2D eigenvalue weighted by Gasteiger charge is 2.16. The minimum atomic E-state index is -0.766. The molecule has 0 bridgehead atoms. The van der Waals surface area contributed by atoms with Gasteiger partial charge < -0.3 is 9.84 Å². The average molecular weight is 401 g/mol. The molecule has 2 amide bonds. The first-order chi connectivity index (χ1) is 13.9. The third kappa shape index (κ3) is 6.49. The quantitative estimate of drug-likeness (QED) is 0.336. The second-order valence-electron chi connectivity index (χ2n) is 6.30. The molecule has 0 aliphatic rings. The summed E-state index contributed by atoms with van der Waals surface area (Å²) in [5.74, 6) is -1.25. The average Bonchev–Trinajstić information content (AvgIpc) is 2.71. The van der Waals surface area contributed by atoms with Crippen LogP contribution in [0.4, 0.5) is 5.69 Å². The molecule has 0 aliphatic carbocycles. The lowest BCUT2D eigenvalue weighted by molar-refractivity contribution is -0.385. The fraction of sp³-hybridized carbons (Fsp3) is 0.300. The number of amides is 2. The Morgan fingerprint density at radius 3 is 2.21 bits per heavy atom. The first-order valence-corrected chi connectivity index (χ1v) is 9.23. The van der Waals surface area contributed by atoms with E-state index in [1.54, 1.807) is 24.3 Å². The molecule has 0 saturated heterocycles. The van der Waals surface area contributed by atoms with E-state index in [9.17, 15) is 24.8 Å². The van der Waals surface area contributed by atoms with Crippen molar-refractivity contribution < 1.29 is 24.4 Å². The zero-order chi connectivity index (χ0) is 21.2. The number of unbranched alkanes of at least 4 members (excludes halogenated alkanes) is 3. The van der Waals surface area contributed by atoms with E-state index in [2.05, 4.69) is 17.8 Å². The van der Waals surface area contributed by atoms with E-state index in [4.69, 9.17) is 4.74 Å². The van der Waals surface area contributed by atoms with Gasteiger partial charge in [-0.2, -0.15) is 0 Å². The Balaban J connectivity index is 1.84.